The second-order valence-electron chi connectivity index (χ2n) is 6.02. The van der Waals surface area contributed by atoms with E-state index in [9.17, 15) is 25.5 Å². The first kappa shape index (κ1) is 20.1. The molecule has 3 rings (SSSR count). The van der Waals surface area contributed by atoms with E-state index in [1.165, 1.54) is 19.1 Å². The summed E-state index contributed by atoms with van der Waals surface area (Å²) in [4.78, 5) is 0. The van der Waals surface area contributed by atoms with Gasteiger partial charge in [0, 0.05) is 10.9 Å². The van der Waals surface area contributed by atoms with E-state index in [2.05, 4.69) is 31.9 Å². The largest absolute Gasteiger partial charge is 0.506 e. The highest BCUT2D eigenvalue weighted by atomic mass is 79.9. The zero-order chi connectivity index (χ0) is 20.2. The summed E-state index contributed by atoms with van der Waals surface area (Å²) in [5, 5.41) is 51.0. The average molecular weight is 494 g/mol. The second-order valence-corrected chi connectivity index (χ2v) is 7.73. The fourth-order valence-corrected chi connectivity index (χ4v) is 4.11. The standard InChI is InChI=1S/C17H12B2Br2O6/c1-4(22)16-9(12(23)5-2-6(20)13(24)7(21)3-5)8-10(18)14(25)15(26)11(19)17(8)27-16/h2-4,12,22-26H,1H3. The number of aliphatic hydroxyl groups excluding tert-OH is 2. The number of furan rings is 1. The van der Waals surface area contributed by atoms with E-state index >= 15 is 0 Å². The summed E-state index contributed by atoms with van der Waals surface area (Å²) in [7, 11) is 11.7. The molecule has 0 fully saturated rings. The van der Waals surface area contributed by atoms with Crippen LogP contribution in [0.15, 0.2) is 25.5 Å². The van der Waals surface area contributed by atoms with Gasteiger partial charge in [0.1, 0.15) is 50.7 Å². The molecule has 0 amide bonds. The van der Waals surface area contributed by atoms with Gasteiger partial charge in [-0.1, -0.05) is 0 Å². The summed E-state index contributed by atoms with van der Waals surface area (Å²) < 4.78 is 6.22. The van der Waals surface area contributed by atoms with Gasteiger partial charge < -0.3 is 29.9 Å². The van der Waals surface area contributed by atoms with Crippen LogP contribution in [0.4, 0.5) is 0 Å². The quantitative estimate of drug-likeness (QED) is 0.281. The Bertz CT molecular complexity index is 1040. The minimum Gasteiger partial charge on any atom is -0.506 e. The molecule has 1 aromatic heterocycles. The Labute approximate surface area is 173 Å². The van der Waals surface area contributed by atoms with Crippen molar-refractivity contribution in [2.75, 3.05) is 0 Å². The smallest absolute Gasteiger partial charge is 0.153 e. The molecule has 0 aliphatic rings. The molecule has 136 valence electrons. The van der Waals surface area contributed by atoms with E-state index in [0.29, 0.717) is 14.5 Å². The summed E-state index contributed by atoms with van der Waals surface area (Å²) in [5.74, 6) is -1.38. The van der Waals surface area contributed by atoms with Gasteiger partial charge in [0.05, 0.1) is 8.95 Å². The lowest BCUT2D eigenvalue weighted by Gasteiger charge is -2.16. The van der Waals surface area contributed by atoms with E-state index in [-0.39, 0.29) is 39.0 Å². The maximum atomic E-state index is 11.0. The first-order chi connectivity index (χ1) is 12.6. The molecular weight excluding hydrogens is 482 g/mol. The Kier molecular flexibility index (Phi) is 5.28. The molecule has 2 unspecified atom stereocenters. The van der Waals surface area contributed by atoms with Crippen LogP contribution in [0.1, 0.15) is 36.0 Å². The fourth-order valence-electron chi connectivity index (χ4n) is 2.89. The van der Waals surface area contributed by atoms with Gasteiger partial charge in [-0.3, -0.25) is 0 Å². The lowest BCUT2D eigenvalue weighted by molar-refractivity contribution is 0.160. The topological polar surface area (TPSA) is 114 Å². The normalized spacial score (nSPS) is 13.8. The number of fused-ring (bicyclic) bond motifs is 1. The molecule has 0 aliphatic heterocycles. The van der Waals surface area contributed by atoms with E-state index in [4.69, 9.17) is 20.1 Å². The summed E-state index contributed by atoms with van der Waals surface area (Å²) in [5.41, 5.74) is -0.168. The molecule has 6 nitrogen and oxygen atoms in total. The molecule has 5 N–H and O–H groups in total. The minimum atomic E-state index is -1.35. The zero-order valence-corrected chi connectivity index (χ0v) is 17.0. The Morgan fingerprint density at radius 2 is 1.44 bits per heavy atom. The van der Waals surface area contributed by atoms with Crippen molar-refractivity contribution in [1.82, 2.24) is 0 Å². The molecule has 10 heteroatoms. The van der Waals surface area contributed by atoms with Crippen molar-refractivity contribution in [3.63, 3.8) is 0 Å². The van der Waals surface area contributed by atoms with Crippen molar-refractivity contribution >= 4 is 69.4 Å². The zero-order valence-electron chi connectivity index (χ0n) is 13.9. The number of aliphatic hydroxyl groups is 2. The average Bonchev–Trinajstić information content (AvgIpc) is 3.02. The second kappa shape index (κ2) is 7.09. The van der Waals surface area contributed by atoms with Gasteiger partial charge in [0.15, 0.2) is 5.75 Å². The minimum absolute atomic E-state index is 0.0266. The van der Waals surface area contributed by atoms with Crippen LogP contribution in [0, 0.1) is 0 Å². The molecule has 0 aliphatic carbocycles. The first-order valence-electron chi connectivity index (χ1n) is 7.65. The Balaban J connectivity index is 2.38. The number of phenols is 3. The molecule has 27 heavy (non-hydrogen) atoms. The van der Waals surface area contributed by atoms with Gasteiger partial charge in [0.2, 0.25) is 0 Å². The maximum Gasteiger partial charge on any atom is 0.153 e. The van der Waals surface area contributed by atoms with E-state index in [1.807, 2.05) is 0 Å². The number of hydrogen-bond acceptors (Lipinski definition) is 6. The molecule has 0 spiro atoms. The highest BCUT2D eigenvalue weighted by Gasteiger charge is 2.29. The molecule has 4 radical (unpaired) electrons. The first-order valence-corrected chi connectivity index (χ1v) is 9.23. The van der Waals surface area contributed by atoms with Gasteiger partial charge in [-0.2, -0.15) is 0 Å². The van der Waals surface area contributed by atoms with Crippen molar-refractivity contribution in [1.29, 1.82) is 0 Å². The van der Waals surface area contributed by atoms with Crippen LogP contribution >= 0.6 is 31.9 Å². The fraction of sp³-hybridized carbons (Fsp3) is 0.176. The molecule has 0 saturated carbocycles. The van der Waals surface area contributed by atoms with Gasteiger partial charge in [0.25, 0.3) is 0 Å². The highest BCUT2D eigenvalue weighted by Crippen LogP contribution is 2.41. The van der Waals surface area contributed by atoms with Gasteiger partial charge in [-0.25, -0.2) is 0 Å². The summed E-state index contributed by atoms with van der Waals surface area (Å²) >= 11 is 6.38. The summed E-state index contributed by atoms with van der Waals surface area (Å²) in [6, 6.07) is 2.96. The maximum absolute atomic E-state index is 11.0. The van der Waals surface area contributed by atoms with Crippen molar-refractivity contribution in [3.8, 4) is 17.2 Å². The third-order valence-corrected chi connectivity index (χ3v) is 5.44. The summed E-state index contributed by atoms with van der Waals surface area (Å²) in [6.07, 6.45) is -2.50. The summed E-state index contributed by atoms with van der Waals surface area (Å²) in [6.45, 7) is 1.42. The molecule has 0 bridgehead atoms. The van der Waals surface area contributed by atoms with Crippen LogP contribution in [-0.4, -0.2) is 41.2 Å². The monoisotopic (exact) mass is 492 g/mol. The van der Waals surface area contributed by atoms with Crippen molar-refractivity contribution in [2.45, 2.75) is 19.1 Å². The number of halogens is 2. The predicted molar refractivity (Wildman–Crippen MR) is 109 cm³/mol. The molecule has 0 saturated heterocycles. The third-order valence-electron chi connectivity index (χ3n) is 4.23. The Hall–Kier alpha value is -1.61. The predicted octanol–water partition coefficient (Wildman–Crippen LogP) is 1.80. The highest BCUT2D eigenvalue weighted by molar-refractivity contribution is 9.11. The van der Waals surface area contributed by atoms with Gasteiger partial charge in [-0.15, -0.1) is 0 Å². The number of hydrogen-bond donors (Lipinski definition) is 5. The molecule has 1 heterocycles. The SMILES string of the molecule is [B]c1c(O)c(O)c([B])c2c(C(O)c3cc(Br)c(O)c(Br)c3)c(C(C)O)oc12. The van der Waals surface area contributed by atoms with E-state index < -0.39 is 23.7 Å². The lowest BCUT2D eigenvalue weighted by Crippen LogP contribution is -2.15. The van der Waals surface area contributed by atoms with E-state index in [1.54, 1.807) is 0 Å². The Morgan fingerprint density at radius 1 is 0.926 bits per heavy atom. The van der Waals surface area contributed by atoms with Crippen LogP contribution in [0.5, 0.6) is 17.2 Å². The van der Waals surface area contributed by atoms with Crippen LogP contribution < -0.4 is 10.9 Å². The third kappa shape index (κ3) is 3.14. The van der Waals surface area contributed by atoms with E-state index in [0.717, 1.165) is 0 Å². The van der Waals surface area contributed by atoms with Crippen LogP contribution in [0.3, 0.4) is 0 Å². The number of rotatable bonds is 3. The number of aromatic hydroxyl groups is 3. The lowest BCUT2D eigenvalue weighted by atomic mass is 9.81. The van der Waals surface area contributed by atoms with Crippen LogP contribution in [0.2, 0.25) is 0 Å². The Morgan fingerprint density at radius 3 is 1.96 bits per heavy atom. The molecule has 2 aromatic carbocycles. The van der Waals surface area contributed by atoms with Gasteiger partial charge >= 0.3 is 0 Å². The number of benzene rings is 2. The van der Waals surface area contributed by atoms with Crippen LogP contribution in [0.25, 0.3) is 11.0 Å². The molecule has 2 atom stereocenters. The number of phenolic OH excluding ortho intramolecular Hbond substituents is 3. The molecule has 3 aromatic rings. The van der Waals surface area contributed by atoms with Crippen molar-refractivity contribution in [2.24, 2.45) is 0 Å². The molecular formula is C17H12B2Br2O6. The van der Waals surface area contributed by atoms with Crippen LogP contribution in [-0.2, 0) is 0 Å². The van der Waals surface area contributed by atoms with Gasteiger partial charge in [-0.05, 0) is 67.4 Å². The van der Waals surface area contributed by atoms with Crippen molar-refractivity contribution < 1.29 is 29.9 Å². The van der Waals surface area contributed by atoms with Crippen molar-refractivity contribution in [3.05, 3.63) is 38.0 Å².